The minimum atomic E-state index is -0.296. The van der Waals surface area contributed by atoms with Gasteiger partial charge in [0.1, 0.15) is 16.5 Å². The first-order valence-electron chi connectivity index (χ1n) is 5.83. The lowest BCUT2D eigenvalue weighted by Crippen LogP contribution is -2.24. The van der Waals surface area contributed by atoms with Crippen LogP contribution in [0.3, 0.4) is 0 Å². The number of aromatic nitrogens is 1. The van der Waals surface area contributed by atoms with Crippen molar-refractivity contribution in [2.45, 2.75) is 6.54 Å². The summed E-state index contributed by atoms with van der Waals surface area (Å²) in [6.45, 7) is 0.357. The maximum absolute atomic E-state index is 12.2. The number of amides is 1. The molecule has 0 fully saturated rings. The molecule has 0 unspecified atom stereocenters. The lowest BCUT2D eigenvalue weighted by atomic mass is 10.1. The highest BCUT2D eigenvalue weighted by molar-refractivity contribution is 7.09. The van der Waals surface area contributed by atoms with Gasteiger partial charge >= 0.3 is 0 Å². The summed E-state index contributed by atoms with van der Waals surface area (Å²) in [5.74, 6) is 0.620. The number of anilines is 1. The average molecular weight is 293 g/mol. The number of methoxy groups -OCH3 is 2. The van der Waals surface area contributed by atoms with E-state index in [1.165, 1.54) is 25.6 Å². The Morgan fingerprint density at radius 2 is 2.20 bits per heavy atom. The molecule has 0 atom stereocenters. The highest BCUT2D eigenvalue weighted by Gasteiger charge is 2.16. The first-order chi connectivity index (χ1) is 9.65. The molecule has 0 spiro atoms. The fourth-order valence-corrected chi connectivity index (χ4v) is 2.22. The maximum atomic E-state index is 12.2. The number of nitrogen functional groups attached to an aromatic ring is 1. The van der Waals surface area contributed by atoms with Crippen molar-refractivity contribution >= 4 is 22.9 Å². The van der Waals surface area contributed by atoms with Gasteiger partial charge < -0.3 is 20.5 Å². The molecule has 0 bridgehead atoms. The summed E-state index contributed by atoms with van der Waals surface area (Å²) in [6, 6.07) is 3.21. The predicted molar refractivity (Wildman–Crippen MR) is 77.2 cm³/mol. The molecular weight excluding hydrogens is 278 g/mol. The van der Waals surface area contributed by atoms with Crippen LogP contribution < -0.4 is 20.5 Å². The largest absolute Gasteiger partial charge is 0.497 e. The van der Waals surface area contributed by atoms with Gasteiger partial charge in [-0.1, -0.05) is 0 Å². The second-order valence-electron chi connectivity index (χ2n) is 3.90. The van der Waals surface area contributed by atoms with E-state index in [0.717, 1.165) is 5.01 Å². The minimum absolute atomic E-state index is 0.282. The zero-order valence-electron chi connectivity index (χ0n) is 11.2. The van der Waals surface area contributed by atoms with E-state index in [4.69, 9.17) is 15.2 Å². The van der Waals surface area contributed by atoms with E-state index in [2.05, 4.69) is 10.3 Å². The lowest BCUT2D eigenvalue weighted by molar-refractivity contribution is 0.0951. The fraction of sp³-hybridized carbons (Fsp3) is 0.231. The van der Waals surface area contributed by atoms with Crippen molar-refractivity contribution in [2.24, 2.45) is 0 Å². The smallest absolute Gasteiger partial charge is 0.254 e. The number of nitrogens with one attached hydrogen (secondary N) is 1. The second-order valence-corrected chi connectivity index (χ2v) is 4.88. The van der Waals surface area contributed by atoms with Crippen molar-refractivity contribution in [3.05, 3.63) is 34.3 Å². The molecule has 106 valence electrons. The molecule has 6 nitrogen and oxygen atoms in total. The van der Waals surface area contributed by atoms with Crippen LogP contribution in [0.15, 0.2) is 23.7 Å². The summed E-state index contributed by atoms with van der Waals surface area (Å²) < 4.78 is 10.3. The molecule has 1 heterocycles. The lowest BCUT2D eigenvalue weighted by Gasteiger charge is -2.12. The van der Waals surface area contributed by atoms with Gasteiger partial charge in [-0.2, -0.15) is 0 Å². The number of benzene rings is 1. The van der Waals surface area contributed by atoms with Gasteiger partial charge in [-0.05, 0) is 6.07 Å². The van der Waals surface area contributed by atoms with Gasteiger partial charge in [-0.15, -0.1) is 11.3 Å². The van der Waals surface area contributed by atoms with Gasteiger partial charge in [-0.3, -0.25) is 4.79 Å². The van der Waals surface area contributed by atoms with E-state index in [9.17, 15) is 4.79 Å². The Morgan fingerprint density at radius 3 is 2.80 bits per heavy atom. The molecule has 3 N–H and O–H groups in total. The van der Waals surface area contributed by atoms with Crippen molar-refractivity contribution in [2.75, 3.05) is 20.0 Å². The summed E-state index contributed by atoms with van der Waals surface area (Å²) in [6.07, 6.45) is 1.69. The van der Waals surface area contributed by atoms with Crippen molar-refractivity contribution in [3.63, 3.8) is 0 Å². The first-order valence-corrected chi connectivity index (χ1v) is 6.71. The zero-order chi connectivity index (χ0) is 14.5. The van der Waals surface area contributed by atoms with Gasteiger partial charge in [0.2, 0.25) is 0 Å². The Hall–Kier alpha value is -2.28. The average Bonchev–Trinajstić information content (AvgIpc) is 2.98. The molecule has 1 aromatic carbocycles. The van der Waals surface area contributed by atoms with E-state index < -0.39 is 0 Å². The number of rotatable bonds is 5. The summed E-state index contributed by atoms with van der Waals surface area (Å²) >= 11 is 1.47. The summed E-state index contributed by atoms with van der Waals surface area (Å²) in [5, 5.41) is 5.44. The van der Waals surface area contributed by atoms with Gasteiger partial charge in [-0.25, -0.2) is 4.98 Å². The van der Waals surface area contributed by atoms with Crippen LogP contribution in [-0.4, -0.2) is 25.1 Å². The van der Waals surface area contributed by atoms with Crippen molar-refractivity contribution in [3.8, 4) is 11.5 Å². The zero-order valence-corrected chi connectivity index (χ0v) is 12.0. The van der Waals surface area contributed by atoms with Crippen LogP contribution in [0.5, 0.6) is 11.5 Å². The van der Waals surface area contributed by atoms with Crippen molar-refractivity contribution in [1.29, 1.82) is 0 Å². The van der Waals surface area contributed by atoms with Crippen molar-refractivity contribution < 1.29 is 14.3 Å². The Morgan fingerprint density at radius 1 is 1.40 bits per heavy atom. The molecule has 7 heteroatoms. The summed E-state index contributed by atoms with van der Waals surface area (Å²) in [4.78, 5) is 16.3. The topological polar surface area (TPSA) is 86.5 Å². The van der Waals surface area contributed by atoms with Gasteiger partial charge in [0.15, 0.2) is 0 Å². The van der Waals surface area contributed by atoms with E-state index in [-0.39, 0.29) is 11.6 Å². The number of carbonyl (C=O) groups is 1. The summed E-state index contributed by atoms with van der Waals surface area (Å²) in [7, 11) is 3.00. The van der Waals surface area contributed by atoms with E-state index in [1.54, 1.807) is 18.3 Å². The summed E-state index contributed by atoms with van der Waals surface area (Å²) in [5.41, 5.74) is 6.51. The van der Waals surface area contributed by atoms with E-state index in [0.29, 0.717) is 23.6 Å². The Balaban J connectivity index is 2.20. The minimum Gasteiger partial charge on any atom is -0.497 e. The van der Waals surface area contributed by atoms with Crippen LogP contribution in [0.4, 0.5) is 5.69 Å². The van der Waals surface area contributed by atoms with Crippen LogP contribution in [0.25, 0.3) is 0 Å². The first kappa shape index (κ1) is 14.1. The molecule has 0 saturated carbocycles. The van der Waals surface area contributed by atoms with Crippen LogP contribution in [0.1, 0.15) is 15.4 Å². The molecule has 0 aliphatic rings. The van der Waals surface area contributed by atoms with Gasteiger partial charge in [0.25, 0.3) is 5.91 Å². The number of nitrogens with two attached hydrogens (primary N) is 1. The molecule has 20 heavy (non-hydrogen) atoms. The monoisotopic (exact) mass is 293 g/mol. The van der Waals surface area contributed by atoms with Crippen LogP contribution in [-0.2, 0) is 6.54 Å². The van der Waals surface area contributed by atoms with Crippen molar-refractivity contribution in [1.82, 2.24) is 10.3 Å². The molecule has 2 rings (SSSR count). The number of ether oxygens (including phenoxy) is 2. The third-order valence-electron chi connectivity index (χ3n) is 2.70. The molecule has 1 aromatic heterocycles. The molecule has 1 amide bonds. The number of hydrogen-bond acceptors (Lipinski definition) is 6. The van der Waals surface area contributed by atoms with Crippen LogP contribution in [0.2, 0.25) is 0 Å². The normalized spacial score (nSPS) is 10.1. The maximum Gasteiger partial charge on any atom is 0.254 e. The SMILES string of the molecule is COc1cc(OC)c(N)c(C(=O)NCc2nccs2)c1. The third-order valence-corrected chi connectivity index (χ3v) is 3.48. The van der Waals surface area contributed by atoms with E-state index in [1.807, 2.05) is 5.38 Å². The highest BCUT2D eigenvalue weighted by Crippen LogP contribution is 2.30. The molecular formula is C13H15N3O3S. The molecule has 2 aromatic rings. The predicted octanol–water partition coefficient (Wildman–Crippen LogP) is 1.67. The molecule has 0 saturated heterocycles. The molecule has 0 aliphatic carbocycles. The highest BCUT2D eigenvalue weighted by atomic mass is 32.1. The van der Waals surface area contributed by atoms with Gasteiger partial charge in [0.05, 0.1) is 32.0 Å². The fourth-order valence-electron chi connectivity index (χ4n) is 1.67. The van der Waals surface area contributed by atoms with Crippen LogP contribution >= 0.6 is 11.3 Å². The quantitative estimate of drug-likeness (QED) is 0.819. The Labute approximate surface area is 120 Å². The number of thiazole rings is 1. The van der Waals surface area contributed by atoms with E-state index >= 15 is 0 Å². The number of hydrogen-bond donors (Lipinski definition) is 2. The Bertz CT molecular complexity index is 599. The van der Waals surface area contributed by atoms with Crippen LogP contribution in [0, 0.1) is 0 Å². The Kier molecular flexibility index (Phi) is 4.41. The molecule has 0 aliphatic heterocycles. The number of carbonyl (C=O) groups excluding carboxylic acids is 1. The number of nitrogens with zero attached hydrogens (tertiary/aromatic N) is 1. The standard InChI is InChI=1S/C13H15N3O3S/c1-18-8-5-9(12(14)10(6-8)19-2)13(17)16-7-11-15-3-4-20-11/h3-6H,7,14H2,1-2H3,(H,16,17). The third kappa shape index (κ3) is 3.00. The second kappa shape index (κ2) is 6.25. The molecule has 0 radical (unpaired) electrons. The van der Waals surface area contributed by atoms with Gasteiger partial charge in [0, 0.05) is 17.6 Å².